The van der Waals surface area contributed by atoms with Crippen LogP contribution >= 0.6 is 27.3 Å². The molecule has 2 aromatic carbocycles. The van der Waals surface area contributed by atoms with Crippen LogP contribution in [0.4, 0.5) is 5.69 Å². The van der Waals surface area contributed by atoms with Gasteiger partial charge in [-0.3, -0.25) is 19.3 Å². The molecule has 0 spiro atoms. The Bertz CT molecular complexity index is 1110. The molecule has 4 rings (SSSR count). The molecule has 1 aliphatic heterocycles. The summed E-state index contributed by atoms with van der Waals surface area (Å²) >= 11 is 4.86. The van der Waals surface area contributed by atoms with E-state index in [-0.39, 0.29) is 6.54 Å². The van der Waals surface area contributed by atoms with E-state index in [0.717, 1.165) is 21.2 Å². The Morgan fingerprint density at radius 3 is 2.50 bits per heavy atom. The van der Waals surface area contributed by atoms with Crippen LogP contribution in [0.25, 0.3) is 11.3 Å². The maximum absolute atomic E-state index is 12.4. The third kappa shape index (κ3) is 3.48. The summed E-state index contributed by atoms with van der Waals surface area (Å²) in [5.74, 6) is -1.37. The van der Waals surface area contributed by atoms with Gasteiger partial charge >= 0.3 is 0 Å². The van der Waals surface area contributed by atoms with Gasteiger partial charge in [-0.05, 0) is 37.3 Å². The number of hydrogen-bond donors (Lipinski definition) is 1. The molecule has 0 bridgehead atoms. The molecule has 1 aromatic heterocycles. The summed E-state index contributed by atoms with van der Waals surface area (Å²) in [5, 5.41) is 5.68. The molecule has 1 aliphatic rings. The molecule has 0 saturated heterocycles. The monoisotopic (exact) mass is 455 g/mol. The first-order chi connectivity index (χ1) is 13.4. The van der Waals surface area contributed by atoms with Gasteiger partial charge in [0.25, 0.3) is 11.8 Å². The summed E-state index contributed by atoms with van der Waals surface area (Å²) in [6.45, 7) is 1.61. The number of hydrogen-bond acceptors (Lipinski definition) is 5. The van der Waals surface area contributed by atoms with Crippen molar-refractivity contribution >= 4 is 50.7 Å². The minimum Gasteiger partial charge on any atom is -0.325 e. The number of thiazole rings is 1. The molecule has 8 heteroatoms. The predicted molar refractivity (Wildman–Crippen MR) is 110 cm³/mol. The molecule has 0 fully saturated rings. The lowest BCUT2D eigenvalue weighted by Gasteiger charge is -2.13. The predicted octanol–water partition coefficient (Wildman–Crippen LogP) is 4.12. The maximum Gasteiger partial charge on any atom is 0.262 e. The van der Waals surface area contributed by atoms with Crippen molar-refractivity contribution in [3.05, 3.63) is 68.5 Å². The van der Waals surface area contributed by atoms with Gasteiger partial charge in [0.15, 0.2) is 0 Å². The highest BCUT2D eigenvalue weighted by Gasteiger charge is 2.36. The van der Waals surface area contributed by atoms with E-state index in [1.165, 1.54) is 0 Å². The highest BCUT2D eigenvalue weighted by molar-refractivity contribution is 9.10. The Morgan fingerprint density at radius 1 is 1.11 bits per heavy atom. The van der Waals surface area contributed by atoms with Crippen LogP contribution in [-0.2, 0) is 4.79 Å². The second-order valence-electron chi connectivity index (χ2n) is 6.26. The van der Waals surface area contributed by atoms with E-state index >= 15 is 0 Å². The Morgan fingerprint density at radius 2 is 1.82 bits per heavy atom. The fourth-order valence-electron chi connectivity index (χ4n) is 2.97. The summed E-state index contributed by atoms with van der Waals surface area (Å²) in [6, 6.07) is 12.1. The smallest absolute Gasteiger partial charge is 0.262 e. The van der Waals surface area contributed by atoms with Crippen molar-refractivity contribution in [2.45, 2.75) is 6.92 Å². The van der Waals surface area contributed by atoms with Crippen molar-refractivity contribution < 1.29 is 14.4 Å². The summed E-state index contributed by atoms with van der Waals surface area (Å²) < 4.78 is 0.703. The van der Waals surface area contributed by atoms with Crippen LogP contribution in [0, 0.1) is 6.92 Å². The normalized spacial score (nSPS) is 13.0. The highest BCUT2D eigenvalue weighted by Crippen LogP contribution is 2.26. The molecule has 2 heterocycles. The number of amides is 3. The zero-order valence-corrected chi connectivity index (χ0v) is 17.1. The standard InChI is InChI=1S/C20H14BrN3O3S/c1-11-22-17(10-28-11)12-2-5-14(6-3-12)23-18(25)9-24-19(26)15-7-4-13(21)8-16(15)20(24)27/h2-8,10H,9H2,1H3,(H,23,25). The summed E-state index contributed by atoms with van der Waals surface area (Å²) in [7, 11) is 0. The zero-order chi connectivity index (χ0) is 19.8. The number of carbonyl (C=O) groups excluding carboxylic acids is 3. The molecule has 0 unspecified atom stereocenters. The van der Waals surface area contributed by atoms with Crippen LogP contribution < -0.4 is 5.32 Å². The molecule has 0 saturated carbocycles. The average molecular weight is 456 g/mol. The number of imide groups is 1. The first-order valence-corrected chi connectivity index (χ1v) is 10.1. The van der Waals surface area contributed by atoms with Gasteiger partial charge in [0.1, 0.15) is 6.54 Å². The van der Waals surface area contributed by atoms with E-state index in [4.69, 9.17) is 0 Å². The topological polar surface area (TPSA) is 79.4 Å². The Labute approximate surface area is 173 Å². The van der Waals surface area contributed by atoms with E-state index in [1.807, 2.05) is 24.4 Å². The van der Waals surface area contributed by atoms with Crippen LogP contribution in [0.3, 0.4) is 0 Å². The van der Waals surface area contributed by atoms with Crippen LogP contribution in [0.5, 0.6) is 0 Å². The van der Waals surface area contributed by atoms with Gasteiger partial charge in [-0.2, -0.15) is 0 Å². The Kier molecular flexibility index (Phi) is 4.82. The number of rotatable bonds is 4. The summed E-state index contributed by atoms with van der Waals surface area (Å²) in [4.78, 5) is 42.6. The summed E-state index contributed by atoms with van der Waals surface area (Å²) in [5.41, 5.74) is 3.03. The first kappa shape index (κ1) is 18.5. The number of anilines is 1. The van der Waals surface area contributed by atoms with Gasteiger partial charge in [-0.25, -0.2) is 4.98 Å². The number of benzene rings is 2. The van der Waals surface area contributed by atoms with Gasteiger partial charge in [-0.15, -0.1) is 11.3 Å². The molecule has 3 aromatic rings. The quantitative estimate of drug-likeness (QED) is 0.600. The third-order valence-electron chi connectivity index (χ3n) is 4.32. The number of halogens is 1. The lowest BCUT2D eigenvalue weighted by atomic mass is 10.1. The van der Waals surface area contributed by atoms with Crippen molar-refractivity contribution in [3.63, 3.8) is 0 Å². The molecule has 140 valence electrons. The molecule has 6 nitrogen and oxygen atoms in total. The van der Waals surface area contributed by atoms with Crippen LogP contribution in [-0.4, -0.2) is 34.2 Å². The van der Waals surface area contributed by atoms with Crippen LogP contribution in [0.15, 0.2) is 52.3 Å². The van der Waals surface area contributed by atoms with Gasteiger partial charge < -0.3 is 5.32 Å². The van der Waals surface area contributed by atoms with Crippen molar-refractivity contribution in [2.24, 2.45) is 0 Å². The van der Waals surface area contributed by atoms with E-state index in [0.29, 0.717) is 21.3 Å². The van der Waals surface area contributed by atoms with Gasteiger partial charge in [0.2, 0.25) is 5.91 Å². The lowest BCUT2D eigenvalue weighted by molar-refractivity contribution is -0.116. The SMILES string of the molecule is Cc1nc(-c2ccc(NC(=O)CN3C(=O)c4ccc(Br)cc4C3=O)cc2)cs1. The van der Waals surface area contributed by atoms with Gasteiger partial charge in [0.05, 0.1) is 21.8 Å². The Balaban J connectivity index is 1.44. The van der Waals surface area contributed by atoms with Gasteiger partial charge in [-0.1, -0.05) is 28.1 Å². The zero-order valence-electron chi connectivity index (χ0n) is 14.7. The highest BCUT2D eigenvalue weighted by atomic mass is 79.9. The van der Waals surface area contributed by atoms with E-state index in [2.05, 4.69) is 26.2 Å². The number of aryl methyl sites for hydroxylation is 1. The fraction of sp³-hybridized carbons (Fsp3) is 0.100. The molecule has 3 amide bonds. The second kappa shape index (κ2) is 7.29. The van der Waals surface area contributed by atoms with Crippen molar-refractivity contribution in [1.82, 2.24) is 9.88 Å². The second-order valence-corrected chi connectivity index (χ2v) is 8.24. The molecule has 1 N–H and O–H groups in total. The minimum atomic E-state index is -0.467. The van der Waals surface area contributed by atoms with E-state index < -0.39 is 17.7 Å². The summed E-state index contributed by atoms with van der Waals surface area (Å²) in [6.07, 6.45) is 0. The van der Waals surface area contributed by atoms with Crippen molar-refractivity contribution in [3.8, 4) is 11.3 Å². The number of nitrogens with one attached hydrogen (secondary N) is 1. The number of aromatic nitrogens is 1. The van der Waals surface area contributed by atoms with E-state index in [1.54, 1.807) is 41.7 Å². The minimum absolute atomic E-state index is 0.301. The molecule has 0 radical (unpaired) electrons. The number of fused-ring (bicyclic) bond motifs is 1. The Hall–Kier alpha value is -2.84. The fourth-order valence-corrected chi connectivity index (χ4v) is 3.95. The molecule has 28 heavy (non-hydrogen) atoms. The molecular formula is C20H14BrN3O3S. The average Bonchev–Trinajstić information content (AvgIpc) is 3.20. The largest absolute Gasteiger partial charge is 0.325 e. The first-order valence-electron chi connectivity index (χ1n) is 8.40. The van der Waals surface area contributed by atoms with Crippen LogP contribution in [0.1, 0.15) is 25.7 Å². The molecule has 0 aliphatic carbocycles. The molecule has 0 atom stereocenters. The van der Waals surface area contributed by atoms with Crippen molar-refractivity contribution in [2.75, 3.05) is 11.9 Å². The van der Waals surface area contributed by atoms with Crippen LogP contribution in [0.2, 0.25) is 0 Å². The van der Waals surface area contributed by atoms with Crippen molar-refractivity contribution in [1.29, 1.82) is 0 Å². The lowest BCUT2D eigenvalue weighted by Crippen LogP contribution is -2.37. The molecular weight excluding hydrogens is 442 g/mol. The number of carbonyl (C=O) groups is 3. The number of nitrogens with zero attached hydrogens (tertiary/aromatic N) is 2. The third-order valence-corrected chi connectivity index (χ3v) is 5.58. The van der Waals surface area contributed by atoms with E-state index in [9.17, 15) is 14.4 Å². The van der Waals surface area contributed by atoms with Gasteiger partial charge in [0, 0.05) is 21.1 Å². The maximum atomic E-state index is 12.4.